The Morgan fingerprint density at radius 1 is 1.24 bits per heavy atom. The van der Waals surface area contributed by atoms with Crippen molar-refractivity contribution in [2.75, 3.05) is 27.3 Å². The van der Waals surface area contributed by atoms with Gasteiger partial charge in [-0.3, -0.25) is 4.99 Å². The van der Waals surface area contributed by atoms with Crippen molar-refractivity contribution in [1.29, 1.82) is 0 Å². The Bertz CT molecular complexity index is 404. The molecule has 0 atom stereocenters. The first-order valence-electron chi connectivity index (χ1n) is 7.03. The minimum atomic E-state index is 0. The van der Waals surface area contributed by atoms with Gasteiger partial charge in [-0.25, -0.2) is 4.98 Å². The zero-order valence-electron chi connectivity index (χ0n) is 13.4. The molecule has 1 aromatic rings. The van der Waals surface area contributed by atoms with Crippen LogP contribution < -0.4 is 10.6 Å². The van der Waals surface area contributed by atoms with Crippen LogP contribution in [0.4, 0.5) is 0 Å². The van der Waals surface area contributed by atoms with Crippen LogP contribution in [-0.2, 0) is 11.3 Å². The summed E-state index contributed by atoms with van der Waals surface area (Å²) < 4.78 is 5.03. The van der Waals surface area contributed by atoms with Crippen molar-refractivity contribution in [1.82, 2.24) is 15.6 Å². The number of nitrogens with one attached hydrogen (secondary N) is 2. The molecule has 1 aromatic heterocycles. The fourth-order valence-electron chi connectivity index (χ4n) is 1.75. The highest BCUT2D eigenvalue weighted by atomic mass is 127. The molecule has 0 aromatic carbocycles. The maximum atomic E-state index is 5.03. The Balaban J connectivity index is 0.00000400. The molecule has 0 saturated heterocycles. The minimum absolute atomic E-state index is 0. The highest BCUT2D eigenvalue weighted by Crippen LogP contribution is 2.15. The van der Waals surface area contributed by atoms with Gasteiger partial charge < -0.3 is 15.4 Å². The first kappa shape index (κ1) is 20.6. The lowest BCUT2D eigenvalue weighted by Gasteiger charge is -2.10. The van der Waals surface area contributed by atoms with Crippen LogP contribution in [0.1, 0.15) is 34.8 Å². The number of hydrogen-bond donors (Lipinski definition) is 2. The van der Waals surface area contributed by atoms with Crippen molar-refractivity contribution < 1.29 is 4.74 Å². The predicted octanol–water partition coefficient (Wildman–Crippen LogP) is 2.86. The number of aliphatic imine (C=N–C) groups is 1. The Labute approximate surface area is 149 Å². The standard InChI is InChI=1S/C14H26N4OS.HI/c1-11-12(2)20-13(18-11)10-17-14(15-3)16-8-6-5-7-9-19-4;/h5-10H2,1-4H3,(H2,15,16,17);1H. The molecule has 0 amide bonds. The number of ether oxygens (including phenoxy) is 1. The van der Waals surface area contributed by atoms with Gasteiger partial charge in [0.05, 0.1) is 12.2 Å². The first-order chi connectivity index (χ1) is 9.67. The van der Waals surface area contributed by atoms with Gasteiger partial charge in [-0.2, -0.15) is 0 Å². The van der Waals surface area contributed by atoms with Gasteiger partial charge in [-0.15, -0.1) is 35.3 Å². The molecule has 2 N–H and O–H groups in total. The van der Waals surface area contributed by atoms with Gasteiger partial charge in [-0.05, 0) is 33.1 Å². The number of methoxy groups -OCH3 is 1. The number of rotatable bonds is 8. The van der Waals surface area contributed by atoms with E-state index in [2.05, 4.69) is 27.5 Å². The van der Waals surface area contributed by atoms with Gasteiger partial charge >= 0.3 is 0 Å². The molecule has 0 spiro atoms. The summed E-state index contributed by atoms with van der Waals surface area (Å²) in [5.74, 6) is 0.835. The average Bonchev–Trinajstić information content (AvgIpc) is 2.76. The van der Waals surface area contributed by atoms with E-state index < -0.39 is 0 Å². The fourth-order valence-corrected chi connectivity index (χ4v) is 2.62. The Morgan fingerprint density at radius 3 is 2.57 bits per heavy atom. The van der Waals surface area contributed by atoms with Crippen LogP contribution in [-0.4, -0.2) is 38.3 Å². The number of unbranched alkanes of at least 4 members (excludes halogenated alkanes) is 2. The highest BCUT2D eigenvalue weighted by molar-refractivity contribution is 14.0. The van der Waals surface area contributed by atoms with Crippen molar-refractivity contribution in [2.24, 2.45) is 4.99 Å². The SMILES string of the molecule is CN=C(NCCCCCOC)NCc1nc(C)c(C)s1.I. The summed E-state index contributed by atoms with van der Waals surface area (Å²) in [5, 5.41) is 7.70. The summed E-state index contributed by atoms with van der Waals surface area (Å²) in [6, 6.07) is 0. The summed E-state index contributed by atoms with van der Waals surface area (Å²) in [6.45, 7) is 6.64. The number of aryl methyl sites for hydroxylation is 2. The number of hydrogen-bond acceptors (Lipinski definition) is 4. The van der Waals surface area contributed by atoms with E-state index in [1.807, 2.05) is 6.92 Å². The minimum Gasteiger partial charge on any atom is -0.385 e. The van der Waals surface area contributed by atoms with Crippen LogP contribution in [0.2, 0.25) is 0 Å². The smallest absolute Gasteiger partial charge is 0.191 e. The lowest BCUT2D eigenvalue weighted by Crippen LogP contribution is -2.37. The van der Waals surface area contributed by atoms with Crippen molar-refractivity contribution in [3.05, 3.63) is 15.6 Å². The van der Waals surface area contributed by atoms with E-state index in [0.29, 0.717) is 0 Å². The first-order valence-corrected chi connectivity index (χ1v) is 7.85. The quantitative estimate of drug-likeness (QED) is 0.291. The Morgan fingerprint density at radius 2 is 2.00 bits per heavy atom. The van der Waals surface area contributed by atoms with Gasteiger partial charge in [0.1, 0.15) is 5.01 Å². The molecule has 0 saturated carbocycles. The van der Waals surface area contributed by atoms with Crippen LogP contribution in [0.3, 0.4) is 0 Å². The number of thiazole rings is 1. The van der Waals surface area contributed by atoms with Crippen LogP contribution in [0.25, 0.3) is 0 Å². The van der Waals surface area contributed by atoms with Crippen molar-refractivity contribution in [2.45, 2.75) is 39.7 Å². The summed E-state index contributed by atoms with van der Waals surface area (Å²) >= 11 is 1.73. The van der Waals surface area contributed by atoms with Gasteiger partial charge in [0, 0.05) is 32.2 Å². The third kappa shape index (κ3) is 8.57. The summed E-state index contributed by atoms with van der Waals surface area (Å²) in [7, 11) is 3.53. The molecule has 1 rings (SSSR count). The molecular formula is C14H27IN4OS. The van der Waals surface area contributed by atoms with Crippen molar-refractivity contribution in [3.63, 3.8) is 0 Å². The molecule has 0 aliphatic heterocycles. The number of aromatic nitrogens is 1. The maximum absolute atomic E-state index is 5.03. The number of guanidine groups is 1. The largest absolute Gasteiger partial charge is 0.385 e. The lowest BCUT2D eigenvalue weighted by molar-refractivity contribution is 0.192. The van der Waals surface area contributed by atoms with Crippen LogP contribution in [0, 0.1) is 13.8 Å². The molecule has 5 nitrogen and oxygen atoms in total. The molecule has 1 heterocycles. The Kier molecular flexibility index (Phi) is 11.9. The van der Waals surface area contributed by atoms with E-state index in [1.54, 1.807) is 25.5 Å². The van der Waals surface area contributed by atoms with E-state index in [0.717, 1.165) is 49.2 Å². The predicted molar refractivity (Wildman–Crippen MR) is 101 cm³/mol. The lowest BCUT2D eigenvalue weighted by atomic mass is 10.2. The molecular weight excluding hydrogens is 399 g/mol. The molecule has 7 heteroatoms. The normalized spacial score (nSPS) is 11.1. The van der Waals surface area contributed by atoms with E-state index in [9.17, 15) is 0 Å². The molecule has 0 radical (unpaired) electrons. The molecule has 0 fully saturated rings. The second-order valence-corrected chi connectivity index (χ2v) is 5.94. The van der Waals surface area contributed by atoms with Crippen LogP contribution in [0.15, 0.2) is 4.99 Å². The summed E-state index contributed by atoms with van der Waals surface area (Å²) in [4.78, 5) is 10.00. The van der Waals surface area contributed by atoms with Crippen molar-refractivity contribution in [3.8, 4) is 0 Å². The van der Waals surface area contributed by atoms with E-state index >= 15 is 0 Å². The summed E-state index contributed by atoms with van der Waals surface area (Å²) in [5.41, 5.74) is 1.12. The van der Waals surface area contributed by atoms with Gasteiger partial charge in [0.25, 0.3) is 0 Å². The van der Waals surface area contributed by atoms with Gasteiger partial charge in [-0.1, -0.05) is 0 Å². The third-order valence-electron chi connectivity index (χ3n) is 3.02. The van der Waals surface area contributed by atoms with Gasteiger partial charge in [0.2, 0.25) is 0 Å². The Hall–Kier alpha value is -0.410. The van der Waals surface area contributed by atoms with Gasteiger partial charge in [0.15, 0.2) is 5.96 Å². The topological polar surface area (TPSA) is 58.5 Å². The molecule has 0 bridgehead atoms. The molecule has 0 unspecified atom stereocenters. The van der Waals surface area contributed by atoms with E-state index in [1.165, 1.54) is 11.3 Å². The zero-order valence-corrected chi connectivity index (χ0v) is 16.5. The monoisotopic (exact) mass is 426 g/mol. The average molecular weight is 426 g/mol. The number of halogens is 1. The second kappa shape index (κ2) is 12.2. The number of nitrogens with zero attached hydrogens (tertiary/aromatic N) is 2. The second-order valence-electron chi connectivity index (χ2n) is 4.66. The van der Waals surface area contributed by atoms with E-state index in [-0.39, 0.29) is 24.0 Å². The highest BCUT2D eigenvalue weighted by Gasteiger charge is 2.04. The third-order valence-corrected chi connectivity index (χ3v) is 4.09. The zero-order chi connectivity index (χ0) is 14.8. The molecule has 0 aliphatic rings. The summed E-state index contributed by atoms with van der Waals surface area (Å²) in [6.07, 6.45) is 3.41. The molecule has 0 aliphatic carbocycles. The maximum Gasteiger partial charge on any atom is 0.191 e. The van der Waals surface area contributed by atoms with Crippen molar-refractivity contribution >= 4 is 41.3 Å². The fraction of sp³-hybridized carbons (Fsp3) is 0.714. The van der Waals surface area contributed by atoms with Crippen LogP contribution in [0.5, 0.6) is 0 Å². The van der Waals surface area contributed by atoms with Crippen LogP contribution >= 0.6 is 35.3 Å². The molecule has 122 valence electrons. The van der Waals surface area contributed by atoms with E-state index in [4.69, 9.17) is 4.74 Å². The molecule has 21 heavy (non-hydrogen) atoms.